The Kier molecular flexibility index (Phi) is 27.6. The van der Waals surface area contributed by atoms with Crippen molar-refractivity contribution in [2.24, 2.45) is 22.7 Å². The van der Waals surface area contributed by atoms with E-state index >= 15 is 0 Å². The number of hydrogen-bond donors (Lipinski definition) is 0. The number of carbonyl (C=O) groups is 2. The lowest BCUT2D eigenvalue weighted by atomic mass is 9.82. The molecule has 0 rings (SSSR count). The number of rotatable bonds is 30. The standard InChI is InChI=1S/C42H82O4S/c1-11-15-19-27-37(29-23-25-35(33-41(5,6)7)39(43)45-31-21-17-13-3)47-38(28-20-16-12-2)30-24-26-36(34-42(8,9)10)40(44)46-32-22-18-14-4/h35-38H,11-34H2,1-10H3. The van der Waals surface area contributed by atoms with Crippen molar-refractivity contribution >= 4 is 23.7 Å². The van der Waals surface area contributed by atoms with E-state index in [1.165, 1.54) is 64.2 Å². The van der Waals surface area contributed by atoms with E-state index in [4.69, 9.17) is 9.47 Å². The fourth-order valence-electron chi connectivity index (χ4n) is 6.63. The maximum atomic E-state index is 13.1. The van der Waals surface area contributed by atoms with Gasteiger partial charge in [0.2, 0.25) is 0 Å². The normalized spacial score (nSPS) is 14.9. The number of thioether (sulfide) groups is 1. The van der Waals surface area contributed by atoms with E-state index in [1.54, 1.807) is 0 Å². The predicted octanol–water partition coefficient (Wildman–Crippen LogP) is 13.5. The zero-order valence-electron chi connectivity index (χ0n) is 33.3. The molecule has 0 heterocycles. The Morgan fingerprint density at radius 1 is 0.468 bits per heavy atom. The molecule has 0 N–H and O–H groups in total. The van der Waals surface area contributed by atoms with Crippen LogP contribution in [0.4, 0.5) is 0 Å². The molecule has 0 aromatic heterocycles. The summed E-state index contributed by atoms with van der Waals surface area (Å²) in [6.45, 7) is 23.5. The van der Waals surface area contributed by atoms with Gasteiger partial charge in [0.05, 0.1) is 25.0 Å². The third-order valence-corrected chi connectivity index (χ3v) is 10.9. The van der Waals surface area contributed by atoms with Crippen LogP contribution < -0.4 is 0 Å². The van der Waals surface area contributed by atoms with Crippen LogP contribution in [-0.4, -0.2) is 35.7 Å². The molecule has 5 heteroatoms. The molecule has 4 unspecified atom stereocenters. The summed E-state index contributed by atoms with van der Waals surface area (Å²) in [7, 11) is 0. The number of ether oxygens (including phenoxy) is 2. The quantitative estimate of drug-likeness (QED) is 0.0557. The smallest absolute Gasteiger partial charge is 0.308 e. The van der Waals surface area contributed by atoms with Crippen LogP contribution in [0.3, 0.4) is 0 Å². The minimum Gasteiger partial charge on any atom is -0.465 e. The van der Waals surface area contributed by atoms with Gasteiger partial charge in [0.1, 0.15) is 0 Å². The summed E-state index contributed by atoms with van der Waals surface area (Å²) in [6.07, 6.45) is 24.9. The molecule has 0 aromatic rings. The average Bonchev–Trinajstić information content (AvgIpc) is 2.99. The molecule has 0 spiro atoms. The minimum absolute atomic E-state index is 0.000234. The molecule has 0 radical (unpaired) electrons. The lowest BCUT2D eigenvalue weighted by molar-refractivity contribution is -0.151. The van der Waals surface area contributed by atoms with E-state index < -0.39 is 0 Å². The van der Waals surface area contributed by atoms with Crippen LogP contribution in [0.15, 0.2) is 0 Å². The van der Waals surface area contributed by atoms with Crippen molar-refractivity contribution in [3.63, 3.8) is 0 Å². The monoisotopic (exact) mass is 683 g/mol. The zero-order valence-corrected chi connectivity index (χ0v) is 34.1. The van der Waals surface area contributed by atoms with Crippen LogP contribution in [0.1, 0.15) is 210 Å². The molecule has 0 aliphatic rings. The molecular formula is C42H82O4S. The Morgan fingerprint density at radius 3 is 1.11 bits per heavy atom. The van der Waals surface area contributed by atoms with E-state index in [-0.39, 0.29) is 34.6 Å². The van der Waals surface area contributed by atoms with Gasteiger partial charge in [-0.25, -0.2) is 0 Å². The van der Waals surface area contributed by atoms with Crippen molar-refractivity contribution in [2.75, 3.05) is 13.2 Å². The van der Waals surface area contributed by atoms with Crippen LogP contribution in [-0.2, 0) is 19.1 Å². The van der Waals surface area contributed by atoms with Gasteiger partial charge in [-0.05, 0) is 75.0 Å². The van der Waals surface area contributed by atoms with E-state index in [2.05, 4.69) is 81.0 Å². The first kappa shape index (κ1) is 46.3. The molecule has 4 nitrogen and oxygen atoms in total. The summed E-state index contributed by atoms with van der Waals surface area (Å²) >= 11 is 2.24. The number of hydrogen-bond acceptors (Lipinski definition) is 5. The van der Waals surface area contributed by atoms with Gasteiger partial charge in [-0.15, -0.1) is 0 Å². The van der Waals surface area contributed by atoms with Gasteiger partial charge < -0.3 is 9.47 Å². The van der Waals surface area contributed by atoms with Crippen LogP contribution in [0.25, 0.3) is 0 Å². The maximum Gasteiger partial charge on any atom is 0.308 e. The second-order valence-electron chi connectivity index (χ2n) is 16.9. The van der Waals surface area contributed by atoms with Crippen LogP contribution in [0.5, 0.6) is 0 Å². The third kappa shape index (κ3) is 27.8. The first-order valence-corrected chi connectivity index (χ1v) is 21.2. The minimum atomic E-state index is -0.000234. The van der Waals surface area contributed by atoms with Crippen molar-refractivity contribution < 1.29 is 19.1 Å². The topological polar surface area (TPSA) is 52.6 Å². The molecule has 280 valence electrons. The molecule has 0 bridgehead atoms. The van der Waals surface area contributed by atoms with E-state index in [0.717, 1.165) is 77.0 Å². The zero-order chi connectivity index (χ0) is 35.6. The van der Waals surface area contributed by atoms with Crippen molar-refractivity contribution in [2.45, 2.75) is 221 Å². The second kappa shape index (κ2) is 28.0. The highest BCUT2D eigenvalue weighted by Crippen LogP contribution is 2.36. The Bertz CT molecular complexity index is 691. The summed E-state index contributed by atoms with van der Waals surface area (Å²) < 4.78 is 11.5. The maximum absolute atomic E-state index is 13.1. The van der Waals surface area contributed by atoms with Gasteiger partial charge in [-0.2, -0.15) is 11.8 Å². The molecule has 0 saturated heterocycles. The Balaban J connectivity index is 5.46. The Morgan fingerprint density at radius 2 is 0.787 bits per heavy atom. The molecule has 0 aromatic carbocycles. The van der Waals surface area contributed by atoms with Gasteiger partial charge in [0.15, 0.2) is 0 Å². The number of esters is 2. The van der Waals surface area contributed by atoms with E-state index in [1.807, 2.05) is 0 Å². The summed E-state index contributed by atoms with van der Waals surface area (Å²) in [4.78, 5) is 26.3. The van der Waals surface area contributed by atoms with Crippen molar-refractivity contribution in [3.05, 3.63) is 0 Å². The van der Waals surface area contributed by atoms with Crippen LogP contribution >= 0.6 is 11.8 Å². The lowest BCUT2D eigenvalue weighted by Crippen LogP contribution is -2.24. The highest BCUT2D eigenvalue weighted by Gasteiger charge is 2.28. The van der Waals surface area contributed by atoms with Gasteiger partial charge in [-0.1, -0.05) is 146 Å². The molecule has 0 aliphatic carbocycles. The average molecular weight is 683 g/mol. The fourth-order valence-corrected chi connectivity index (χ4v) is 8.39. The molecule has 4 atom stereocenters. The summed E-state index contributed by atoms with van der Waals surface area (Å²) in [5.74, 6) is 0.0502. The van der Waals surface area contributed by atoms with Gasteiger partial charge in [0, 0.05) is 10.5 Å². The van der Waals surface area contributed by atoms with E-state index in [9.17, 15) is 9.59 Å². The second-order valence-corrected chi connectivity index (χ2v) is 18.5. The van der Waals surface area contributed by atoms with Gasteiger partial charge in [0.25, 0.3) is 0 Å². The first-order chi connectivity index (χ1) is 22.3. The highest BCUT2D eigenvalue weighted by atomic mass is 32.2. The molecular weight excluding hydrogens is 601 g/mol. The highest BCUT2D eigenvalue weighted by molar-refractivity contribution is 8.00. The van der Waals surface area contributed by atoms with Crippen molar-refractivity contribution in [1.29, 1.82) is 0 Å². The lowest BCUT2D eigenvalue weighted by Gasteiger charge is -2.27. The Hall–Kier alpha value is -0.710. The van der Waals surface area contributed by atoms with Crippen LogP contribution in [0, 0.1) is 22.7 Å². The van der Waals surface area contributed by atoms with Crippen molar-refractivity contribution in [3.8, 4) is 0 Å². The van der Waals surface area contributed by atoms with Gasteiger partial charge in [-0.3, -0.25) is 9.59 Å². The molecule has 47 heavy (non-hydrogen) atoms. The SMILES string of the molecule is CCCCCOC(=O)C(CCCC(CCCCC)SC(CCCCC)CCCC(CC(C)(C)C)C(=O)OCCCCC)CC(C)(C)C. The summed E-state index contributed by atoms with van der Waals surface area (Å²) in [6, 6.07) is 0. The fraction of sp³-hybridized carbons (Fsp3) is 0.952. The number of carbonyl (C=O) groups excluding carboxylic acids is 2. The molecule has 0 amide bonds. The van der Waals surface area contributed by atoms with E-state index in [0.29, 0.717) is 23.7 Å². The van der Waals surface area contributed by atoms with Crippen molar-refractivity contribution in [1.82, 2.24) is 0 Å². The summed E-state index contributed by atoms with van der Waals surface area (Å²) in [5.41, 5.74) is 0.221. The molecule has 0 saturated carbocycles. The largest absolute Gasteiger partial charge is 0.465 e. The predicted molar refractivity (Wildman–Crippen MR) is 207 cm³/mol. The molecule has 0 aliphatic heterocycles. The van der Waals surface area contributed by atoms with Crippen LogP contribution in [0.2, 0.25) is 0 Å². The summed E-state index contributed by atoms with van der Waals surface area (Å²) in [5, 5.41) is 1.27. The first-order valence-electron chi connectivity index (χ1n) is 20.2. The molecule has 0 fully saturated rings. The Labute approximate surface area is 298 Å². The third-order valence-electron chi connectivity index (χ3n) is 9.17. The van der Waals surface area contributed by atoms with Gasteiger partial charge >= 0.3 is 11.9 Å². The number of unbranched alkanes of at least 4 members (excludes halogenated alkanes) is 8.